The Labute approximate surface area is 95.0 Å². The summed E-state index contributed by atoms with van der Waals surface area (Å²) >= 11 is 0. The van der Waals surface area contributed by atoms with Gasteiger partial charge in [-0.2, -0.15) is 5.26 Å². The summed E-state index contributed by atoms with van der Waals surface area (Å²) < 4.78 is 18.3. The van der Waals surface area contributed by atoms with E-state index in [1.165, 1.54) is 4.90 Å². The van der Waals surface area contributed by atoms with Crippen LogP contribution >= 0.6 is 0 Å². The smallest absolute Gasteiger partial charge is 0.410 e. The molecule has 0 saturated carbocycles. The molecule has 16 heavy (non-hydrogen) atoms. The molecule has 1 rings (SSSR count). The monoisotopic (exact) mass is 228 g/mol. The van der Waals surface area contributed by atoms with E-state index in [9.17, 15) is 9.18 Å². The van der Waals surface area contributed by atoms with Crippen molar-refractivity contribution in [1.29, 1.82) is 5.26 Å². The molecule has 1 fully saturated rings. The number of halogens is 1. The first-order valence-corrected chi connectivity index (χ1v) is 5.34. The maximum absolute atomic E-state index is 13.2. The van der Waals surface area contributed by atoms with E-state index in [-0.39, 0.29) is 25.4 Å². The molecule has 1 heterocycles. The molecular formula is C11H17FN2O2. The predicted molar refractivity (Wildman–Crippen MR) is 56.5 cm³/mol. The number of nitrogens with zero attached hydrogens (tertiary/aromatic N) is 2. The molecule has 1 aliphatic heterocycles. The number of likely N-dealkylation sites (tertiary alicyclic amines) is 1. The van der Waals surface area contributed by atoms with Crippen LogP contribution < -0.4 is 0 Å². The average Bonchev–Trinajstić information content (AvgIpc) is 2.44. The molecule has 0 aliphatic carbocycles. The normalized spacial score (nSPS) is 25.3. The van der Waals surface area contributed by atoms with Crippen LogP contribution in [-0.4, -0.2) is 35.4 Å². The SMILES string of the molecule is CC(C)(C)OC(=O)N1CC(F)CC1CC#N. The largest absolute Gasteiger partial charge is 0.444 e. The lowest BCUT2D eigenvalue weighted by atomic mass is 10.1. The van der Waals surface area contributed by atoms with Gasteiger partial charge in [-0.3, -0.25) is 0 Å². The number of ether oxygens (including phenoxy) is 1. The maximum Gasteiger partial charge on any atom is 0.410 e. The third kappa shape index (κ3) is 3.37. The molecule has 0 aromatic carbocycles. The molecule has 90 valence electrons. The standard InChI is InChI=1S/C11H17FN2O2/c1-11(2,3)16-10(15)14-7-8(12)6-9(14)4-5-13/h8-9H,4,6-7H2,1-3H3. The minimum atomic E-state index is -1.05. The van der Waals surface area contributed by atoms with Crippen molar-refractivity contribution < 1.29 is 13.9 Å². The van der Waals surface area contributed by atoms with Gasteiger partial charge in [-0.05, 0) is 20.8 Å². The fraction of sp³-hybridized carbons (Fsp3) is 0.818. The van der Waals surface area contributed by atoms with Crippen LogP contribution in [0.1, 0.15) is 33.6 Å². The molecule has 0 bridgehead atoms. The van der Waals surface area contributed by atoms with E-state index in [1.54, 1.807) is 20.8 Å². The Morgan fingerprint density at radius 3 is 2.75 bits per heavy atom. The fourth-order valence-electron chi connectivity index (χ4n) is 1.70. The van der Waals surface area contributed by atoms with Crippen LogP contribution in [0.2, 0.25) is 0 Å². The molecule has 1 aliphatic rings. The third-order valence-electron chi connectivity index (χ3n) is 2.32. The minimum Gasteiger partial charge on any atom is -0.444 e. The van der Waals surface area contributed by atoms with E-state index in [2.05, 4.69) is 0 Å². The molecule has 0 radical (unpaired) electrons. The summed E-state index contributed by atoms with van der Waals surface area (Å²) in [5, 5.41) is 8.59. The molecule has 5 heteroatoms. The number of nitriles is 1. The van der Waals surface area contributed by atoms with Crippen molar-refractivity contribution >= 4 is 6.09 Å². The summed E-state index contributed by atoms with van der Waals surface area (Å²) in [6.07, 6.45) is -1.20. The quantitative estimate of drug-likeness (QED) is 0.691. The van der Waals surface area contributed by atoms with Gasteiger partial charge in [0.05, 0.1) is 25.1 Å². The number of rotatable bonds is 1. The zero-order valence-corrected chi connectivity index (χ0v) is 9.86. The van der Waals surface area contributed by atoms with Crippen LogP contribution in [0.3, 0.4) is 0 Å². The predicted octanol–water partition coefficient (Wildman–Crippen LogP) is 2.25. The van der Waals surface area contributed by atoms with Gasteiger partial charge in [0, 0.05) is 6.42 Å². The van der Waals surface area contributed by atoms with E-state index in [1.807, 2.05) is 6.07 Å². The summed E-state index contributed by atoms with van der Waals surface area (Å²) in [5.41, 5.74) is -0.595. The Balaban J connectivity index is 2.64. The van der Waals surface area contributed by atoms with Crippen molar-refractivity contribution in [1.82, 2.24) is 4.90 Å². The van der Waals surface area contributed by atoms with Gasteiger partial charge >= 0.3 is 6.09 Å². The number of amides is 1. The van der Waals surface area contributed by atoms with Gasteiger partial charge < -0.3 is 9.64 Å². The van der Waals surface area contributed by atoms with E-state index in [0.717, 1.165) is 0 Å². The first-order chi connectivity index (χ1) is 7.33. The topological polar surface area (TPSA) is 53.3 Å². The fourth-order valence-corrected chi connectivity index (χ4v) is 1.70. The van der Waals surface area contributed by atoms with Gasteiger partial charge in [-0.25, -0.2) is 9.18 Å². The van der Waals surface area contributed by atoms with Crippen molar-refractivity contribution in [3.63, 3.8) is 0 Å². The lowest BCUT2D eigenvalue weighted by Crippen LogP contribution is -2.39. The summed E-state index contributed by atoms with van der Waals surface area (Å²) in [7, 11) is 0. The lowest BCUT2D eigenvalue weighted by molar-refractivity contribution is 0.0221. The second-order valence-corrected chi connectivity index (χ2v) is 4.98. The van der Waals surface area contributed by atoms with E-state index < -0.39 is 17.9 Å². The van der Waals surface area contributed by atoms with Crippen LogP contribution in [0.5, 0.6) is 0 Å². The van der Waals surface area contributed by atoms with Crippen LogP contribution in [0.4, 0.5) is 9.18 Å². The first-order valence-electron chi connectivity index (χ1n) is 5.34. The highest BCUT2D eigenvalue weighted by atomic mass is 19.1. The molecule has 1 saturated heterocycles. The zero-order chi connectivity index (χ0) is 12.3. The van der Waals surface area contributed by atoms with Gasteiger partial charge in [0.15, 0.2) is 0 Å². The zero-order valence-electron chi connectivity index (χ0n) is 9.86. The van der Waals surface area contributed by atoms with Gasteiger partial charge in [-0.15, -0.1) is 0 Å². The Hall–Kier alpha value is -1.31. The number of alkyl halides is 1. The first kappa shape index (κ1) is 12.8. The molecule has 2 atom stereocenters. The van der Waals surface area contributed by atoms with Crippen molar-refractivity contribution in [2.75, 3.05) is 6.54 Å². The number of carbonyl (C=O) groups is 1. The van der Waals surface area contributed by atoms with Gasteiger partial charge in [0.25, 0.3) is 0 Å². The molecular weight excluding hydrogens is 211 g/mol. The lowest BCUT2D eigenvalue weighted by Gasteiger charge is -2.27. The van der Waals surface area contributed by atoms with E-state index in [0.29, 0.717) is 0 Å². The molecule has 2 unspecified atom stereocenters. The molecule has 0 N–H and O–H groups in total. The van der Waals surface area contributed by atoms with Crippen LogP contribution in [-0.2, 0) is 4.74 Å². The highest BCUT2D eigenvalue weighted by molar-refractivity contribution is 5.69. The summed E-state index contributed by atoms with van der Waals surface area (Å²) in [6.45, 7) is 5.30. The van der Waals surface area contributed by atoms with Crippen LogP contribution in [0.15, 0.2) is 0 Å². The number of hydrogen-bond donors (Lipinski definition) is 0. The van der Waals surface area contributed by atoms with Crippen molar-refractivity contribution in [3.8, 4) is 6.07 Å². The van der Waals surface area contributed by atoms with Crippen molar-refractivity contribution in [3.05, 3.63) is 0 Å². The Kier molecular flexibility index (Phi) is 3.74. The number of hydrogen-bond acceptors (Lipinski definition) is 3. The van der Waals surface area contributed by atoms with Crippen molar-refractivity contribution in [2.24, 2.45) is 0 Å². The molecule has 0 aromatic heterocycles. The number of carbonyl (C=O) groups excluding carboxylic acids is 1. The van der Waals surface area contributed by atoms with E-state index in [4.69, 9.17) is 10.00 Å². The molecule has 4 nitrogen and oxygen atoms in total. The average molecular weight is 228 g/mol. The summed E-state index contributed by atoms with van der Waals surface area (Å²) in [4.78, 5) is 13.0. The molecule has 1 amide bonds. The Bertz CT molecular complexity index is 306. The van der Waals surface area contributed by atoms with Gasteiger partial charge in [-0.1, -0.05) is 0 Å². The molecule has 0 spiro atoms. The second-order valence-electron chi connectivity index (χ2n) is 4.98. The van der Waals surface area contributed by atoms with Gasteiger partial charge in [0.1, 0.15) is 11.8 Å². The summed E-state index contributed by atoms with van der Waals surface area (Å²) in [5.74, 6) is 0. The second kappa shape index (κ2) is 4.69. The minimum absolute atomic E-state index is 0.0290. The Morgan fingerprint density at radius 2 is 2.25 bits per heavy atom. The van der Waals surface area contributed by atoms with Crippen molar-refractivity contribution in [2.45, 2.75) is 51.4 Å². The van der Waals surface area contributed by atoms with Crippen LogP contribution in [0, 0.1) is 11.3 Å². The highest BCUT2D eigenvalue weighted by Gasteiger charge is 2.37. The Morgan fingerprint density at radius 1 is 1.62 bits per heavy atom. The van der Waals surface area contributed by atoms with E-state index >= 15 is 0 Å². The third-order valence-corrected chi connectivity index (χ3v) is 2.32. The molecule has 0 aromatic rings. The van der Waals surface area contributed by atoms with Crippen LogP contribution in [0.25, 0.3) is 0 Å². The summed E-state index contributed by atoms with van der Waals surface area (Å²) in [6, 6.07) is 1.61. The van der Waals surface area contributed by atoms with Gasteiger partial charge in [0.2, 0.25) is 0 Å². The maximum atomic E-state index is 13.2. The highest BCUT2D eigenvalue weighted by Crippen LogP contribution is 2.24.